The van der Waals surface area contributed by atoms with E-state index in [1.807, 2.05) is 48.2 Å². The summed E-state index contributed by atoms with van der Waals surface area (Å²) < 4.78 is 0. The van der Waals surface area contributed by atoms with Gasteiger partial charge in [0.1, 0.15) is 0 Å². The normalized spacial score (nSPS) is 25.0. The van der Waals surface area contributed by atoms with E-state index in [-0.39, 0.29) is 5.91 Å². The third-order valence-electron chi connectivity index (χ3n) is 5.17. The number of hydrogen-bond acceptors (Lipinski definition) is 4. The standard InChI is InChI=1S/C19H29N3O2/c1-20(2)17-8-5-7-16(13-17)18(23)22-12-6-9-19(24,15-22)14-21-10-3-4-11-21/h5,7-8,13,24H,3-4,6,9-12,14-15H2,1-2H3/t19-/m0/s1. The predicted octanol–water partition coefficient (Wildman–Crippen LogP) is 1.82. The van der Waals surface area contributed by atoms with E-state index < -0.39 is 5.60 Å². The first-order chi connectivity index (χ1) is 11.5. The van der Waals surface area contributed by atoms with Gasteiger partial charge < -0.3 is 19.8 Å². The third kappa shape index (κ3) is 3.90. The summed E-state index contributed by atoms with van der Waals surface area (Å²) in [5.74, 6) is 0.0262. The van der Waals surface area contributed by atoms with Gasteiger partial charge in [-0.1, -0.05) is 6.07 Å². The van der Waals surface area contributed by atoms with E-state index >= 15 is 0 Å². The molecule has 132 valence electrons. The molecule has 5 heteroatoms. The quantitative estimate of drug-likeness (QED) is 0.914. The maximum atomic E-state index is 12.9. The van der Waals surface area contributed by atoms with Crippen LogP contribution >= 0.6 is 0 Å². The van der Waals surface area contributed by atoms with Gasteiger partial charge in [0.25, 0.3) is 5.91 Å². The molecule has 2 heterocycles. The summed E-state index contributed by atoms with van der Waals surface area (Å²) in [6.45, 7) is 4.00. The summed E-state index contributed by atoms with van der Waals surface area (Å²) >= 11 is 0. The summed E-state index contributed by atoms with van der Waals surface area (Å²) in [5.41, 5.74) is 0.953. The molecule has 2 saturated heterocycles. The lowest BCUT2D eigenvalue weighted by molar-refractivity contribution is -0.0431. The third-order valence-corrected chi connectivity index (χ3v) is 5.17. The van der Waals surface area contributed by atoms with Crippen LogP contribution in [0.15, 0.2) is 24.3 Å². The van der Waals surface area contributed by atoms with Crippen molar-refractivity contribution in [3.8, 4) is 0 Å². The molecule has 0 aromatic heterocycles. The number of carbonyl (C=O) groups excluding carboxylic acids is 1. The largest absolute Gasteiger partial charge is 0.387 e. The van der Waals surface area contributed by atoms with Gasteiger partial charge in [-0.25, -0.2) is 0 Å². The number of rotatable bonds is 4. The Morgan fingerprint density at radius 1 is 1.21 bits per heavy atom. The molecule has 0 saturated carbocycles. The number of amides is 1. The number of β-amino-alcohol motifs (C(OH)–C–C–N with tert-alkyl or cyclic N) is 1. The molecular weight excluding hydrogens is 302 g/mol. The fourth-order valence-corrected chi connectivity index (χ4v) is 3.87. The van der Waals surface area contributed by atoms with Gasteiger partial charge in [0, 0.05) is 38.4 Å². The molecule has 2 aliphatic heterocycles. The van der Waals surface area contributed by atoms with Gasteiger partial charge in [0.05, 0.1) is 12.1 Å². The molecule has 1 N–H and O–H groups in total. The molecule has 0 spiro atoms. The number of nitrogens with zero attached hydrogens (tertiary/aromatic N) is 3. The van der Waals surface area contributed by atoms with Gasteiger partial charge in [0.15, 0.2) is 0 Å². The summed E-state index contributed by atoms with van der Waals surface area (Å²) in [5, 5.41) is 11.0. The van der Waals surface area contributed by atoms with Crippen molar-refractivity contribution in [2.75, 3.05) is 51.7 Å². The maximum Gasteiger partial charge on any atom is 0.254 e. The molecule has 2 fully saturated rings. The average Bonchev–Trinajstić information content (AvgIpc) is 3.06. The first-order valence-corrected chi connectivity index (χ1v) is 8.98. The van der Waals surface area contributed by atoms with Crippen LogP contribution in [0.1, 0.15) is 36.0 Å². The van der Waals surface area contributed by atoms with Crippen LogP contribution in [0, 0.1) is 0 Å². The smallest absolute Gasteiger partial charge is 0.254 e. The molecule has 5 nitrogen and oxygen atoms in total. The maximum absolute atomic E-state index is 12.9. The van der Waals surface area contributed by atoms with Crippen molar-refractivity contribution in [2.24, 2.45) is 0 Å². The highest BCUT2D eigenvalue weighted by Crippen LogP contribution is 2.26. The number of carbonyl (C=O) groups is 1. The number of benzene rings is 1. The number of likely N-dealkylation sites (tertiary alicyclic amines) is 2. The van der Waals surface area contributed by atoms with E-state index in [1.165, 1.54) is 12.8 Å². The first kappa shape index (κ1) is 17.2. The lowest BCUT2D eigenvalue weighted by atomic mass is 9.91. The van der Waals surface area contributed by atoms with Gasteiger partial charge in [-0.3, -0.25) is 4.79 Å². The van der Waals surface area contributed by atoms with Crippen LogP contribution in [-0.2, 0) is 0 Å². The highest BCUT2D eigenvalue weighted by Gasteiger charge is 2.37. The summed E-state index contributed by atoms with van der Waals surface area (Å²) in [7, 11) is 3.94. The SMILES string of the molecule is CN(C)c1cccc(C(=O)N2CCC[C@](O)(CN3CCCC3)C2)c1. The lowest BCUT2D eigenvalue weighted by Crippen LogP contribution is -2.55. The Morgan fingerprint density at radius 2 is 1.96 bits per heavy atom. The highest BCUT2D eigenvalue weighted by atomic mass is 16.3. The van der Waals surface area contributed by atoms with Crippen molar-refractivity contribution >= 4 is 11.6 Å². The van der Waals surface area contributed by atoms with Gasteiger partial charge in [-0.15, -0.1) is 0 Å². The second-order valence-electron chi connectivity index (χ2n) is 7.48. The highest BCUT2D eigenvalue weighted by molar-refractivity contribution is 5.95. The van der Waals surface area contributed by atoms with E-state index in [0.29, 0.717) is 18.7 Å². The van der Waals surface area contributed by atoms with E-state index in [9.17, 15) is 9.90 Å². The topological polar surface area (TPSA) is 47.0 Å². The molecule has 1 amide bonds. The van der Waals surface area contributed by atoms with Crippen LogP contribution in [0.2, 0.25) is 0 Å². The Balaban J connectivity index is 1.69. The number of hydrogen-bond donors (Lipinski definition) is 1. The van der Waals surface area contributed by atoms with Crippen molar-refractivity contribution in [3.63, 3.8) is 0 Å². The molecule has 0 aliphatic carbocycles. The zero-order valence-corrected chi connectivity index (χ0v) is 14.9. The molecule has 0 unspecified atom stereocenters. The fourth-order valence-electron chi connectivity index (χ4n) is 3.87. The monoisotopic (exact) mass is 331 g/mol. The number of piperidine rings is 1. The second-order valence-corrected chi connectivity index (χ2v) is 7.48. The minimum Gasteiger partial charge on any atom is -0.387 e. The Hall–Kier alpha value is -1.59. The first-order valence-electron chi connectivity index (χ1n) is 8.98. The average molecular weight is 331 g/mol. The zero-order chi connectivity index (χ0) is 17.2. The van der Waals surface area contributed by atoms with E-state index in [2.05, 4.69) is 4.90 Å². The summed E-state index contributed by atoms with van der Waals surface area (Å²) in [6, 6.07) is 7.71. The predicted molar refractivity (Wildman–Crippen MR) is 96.5 cm³/mol. The van der Waals surface area contributed by atoms with Gasteiger partial charge >= 0.3 is 0 Å². The second kappa shape index (κ2) is 7.11. The van der Waals surface area contributed by atoms with Crippen LogP contribution < -0.4 is 4.90 Å². The van der Waals surface area contributed by atoms with Crippen molar-refractivity contribution in [1.29, 1.82) is 0 Å². The van der Waals surface area contributed by atoms with Crippen LogP contribution in [0.4, 0.5) is 5.69 Å². The van der Waals surface area contributed by atoms with Crippen LogP contribution in [0.5, 0.6) is 0 Å². The molecule has 2 aliphatic rings. The van der Waals surface area contributed by atoms with Crippen LogP contribution in [0.3, 0.4) is 0 Å². The number of aliphatic hydroxyl groups is 1. The van der Waals surface area contributed by atoms with Crippen molar-refractivity contribution in [1.82, 2.24) is 9.80 Å². The lowest BCUT2D eigenvalue weighted by Gasteiger charge is -2.41. The van der Waals surface area contributed by atoms with Crippen LogP contribution in [0.25, 0.3) is 0 Å². The molecule has 0 radical (unpaired) electrons. The molecule has 24 heavy (non-hydrogen) atoms. The molecule has 0 bridgehead atoms. The molecule has 3 rings (SSSR count). The summed E-state index contributed by atoms with van der Waals surface area (Å²) in [4.78, 5) is 19.0. The van der Waals surface area contributed by atoms with E-state index in [4.69, 9.17) is 0 Å². The van der Waals surface area contributed by atoms with Crippen molar-refractivity contribution in [2.45, 2.75) is 31.3 Å². The molecular formula is C19H29N3O2. The Kier molecular flexibility index (Phi) is 5.11. The Labute approximate surface area is 144 Å². The number of anilines is 1. The van der Waals surface area contributed by atoms with Gasteiger partial charge in [-0.2, -0.15) is 0 Å². The van der Waals surface area contributed by atoms with Gasteiger partial charge in [-0.05, 0) is 57.0 Å². The van der Waals surface area contributed by atoms with E-state index in [1.54, 1.807) is 0 Å². The van der Waals surface area contributed by atoms with Crippen LogP contribution in [-0.4, -0.2) is 73.2 Å². The van der Waals surface area contributed by atoms with Crippen molar-refractivity contribution in [3.05, 3.63) is 29.8 Å². The minimum atomic E-state index is -0.766. The Morgan fingerprint density at radius 3 is 2.67 bits per heavy atom. The molecule has 1 atom stereocenters. The molecule has 1 aromatic carbocycles. The zero-order valence-electron chi connectivity index (χ0n) is 14.9. The summed E-state index contributed by atoms with van der Waals surface area (Å²) in [6.07, 6.45) is 4.08. The fraction of sp³-hybridized carbons (Fsp3) is 0.632. The van der Waals surface area contributed by atoms with Gasteiger partial charge in [0.2, 0.25) is 0 Å². The Bertz CT molecular complexity index is 584. The molecule has 1 aromatic rings. The minimum absolute atomic E-state index is 0.0262. The van der Waals surface area contributed by atoms with Crippen molar-refractivity contribution < 1.29 is 9.90 Å². The van der Waals surface area contributed by atoms with E-state index in [0.717, 1.165) is 38.2 Å².